The van der Waals surface area contributed by atoms with Crippen molar-refractivity contribution in [3.8, 4) is 11.4 Å². The lowest BCUT2D eigenvalue weighted by atomic mass is 9.84. The van der Waals surface area contributed by atoms with Crippen LogP contribution in [-0.2, 0) is 12.8 Å². The molecule has 1 aliphatic carbocycles. The van der Waals surface area contributed by atoms with E-state index < -0.39 is 0 Å². The lowest BCUT2D eigenvalue weighted by molar-refractivity contribution is -0.384. The van der Waals surface area contributed by atoms with Crippen LogP contribution in [0.2, 0.25) is 0 Å². The highest BCUT2D eigenvalue weighted by molar-refractivity contribution is 5.57. The van der Waals surface area contributed by atoms with Gasteiger partial charge in [0.1, 0.15) is 0 Å². The summed E-state index contributed by atoms with van der Waals surface area (Å²) >= 11 is 0. The maximum absolute atomic E-state index is 10.8. The quantitative estimate of drug-likeness (QED) is 0.275. The zero-order chi connectivity index (χ0) is 19.8. The Morgan fingerprint density at radius 1 is 1.07 bits per heavy atom. The molecule has 1 unspecified atom stereocenters. The van der Waals surface area contributed by atoms with E-state index in [4.69, 9.17) is 4.98 Å². The minimum Gasteiger partial charge on any atom is -0.258 e. The first-order valence-corrected chi connectivity index (χ1v) is 10.8. The van der Waals surface area contributed by atoms with Crippen molar-refractivity contribution < 1.29 is 4.92 Å². The summed E-state index contributed by atoms with van der Waals surface area (Å²) in [4.78, 5) is 19.7. The number of aromatic nitrogens is 2. The molecule has 0 saturated heterocycles. The van der Waals surface area contributed by atoms with E-state index in [-0.39, 0.29) is 10.6 Å². The summed E-state index contributed by atoms with van der Waals surface area (Å²) in [5.41, 5.74) is 3.36. The van der Waals surface area contributed by atoms with E-state index in [1.807, 2.05) is 6.20 Å². The molecule has 5 heteroatoms. The highest BCUT2D eigenvalue weighted by Crippen LogP contribution is 2.29. The summed E-state index contributed by atoms with van der Waals surface area (Å²) in [7, 11) is 0. The second-order valence-corrected chi connectivity index (χ2v) is 7.99. The van der Waals surface area contributed by atoms with Gasteiger partial charge in [-0.2, -0.15) is 0 Å². The second-order valence-electron chi connectivity index (χ2n) is 7.99. The number of non-ortho nitro benzene ring substituents is 1. The van der Waals surface area contributed by atoms with Crippen LogP contribution in [-0.4, -0.2) is 14.9 Å². The number of nitro groups is 1. The van der Waals surface area contributed by atoms with Gasteiger partial charge in [0.25, 0.3) is 5.69 Å². The number of hydrogen-bond donors (Lipinski definition) is 0. The number of benzene rings is 1. The topological polar surface area (TPSA) is 68.9 Å². The summed E-state index contributed by atoms with van der Waals surface area (Å²) in [5.74, 6) is 1.43. The Bertz CT molecular complexity index is 774. The van der Waals surface area contributed by atoms with E-state index in [0.717, 1.165) is 30.0 Å². The largest absolute Gasteiger partial charge is 0.269 e. The zero-order valence-corrected chi connectivity index (χ0v) is 16.9. The first kappa shape index (κ1) is 20.4. The number of nitro benzene ring substituents is 1. The van der Waals surface area contributed by atoms with E-state index in [2.05, 4.69) is 11.9 Å². The van der Waals surface area contributed by atoms with Crippen molar-refractivity contribution in [1.29, 1.82) is 0 Å². The Labute approximate surface area is 167 Å². The maximum Gasteiger partial charge on any atom is 0.269 e. The fourth-order valence-electron chi connectivity index (χ4n) is 4.09. The molecule has 0 aliphatic heterocycles. The van der Waals surface area contributed by atoms with Crippen molar-refractivity contribution in [2.45, 2.75) is 77.6 Å². The molecule has 150 valence electrons. The molecule has 1 heterocycles. The average Bonchev–Trinajstić information content (AvgIpc) is 2.72. The van der Waals surface area contributed by atoms with E-state index in [9.17, 15) is 10.1 Å². The molecule has 0 saturated carbocycles. The summed E-state index contributed by atoms with van der Waals surface area (Å²) in [6, 6.07) is 6.48. The van der Waals surface area contributed by atoms with Crippen LogP contribution >= 0.6 is 0 Å². The van der Waals surface area contributed by atoms with Crippen molar-refractivity contribution in [2.24, 2.45) is 5.92 Å². The normalized spacial score (nSPS) is 16.0. The molecule has 2 aromatic rings. The smallest absolute Gasteiger partial charge is 0.258 e. The average molecular weight is 382 g/mol. The number of hydrogen-bond acceptors (Lipinski definition) is 4. The zero-order valence-electron chi connectivity index (χ0n) is 16.9. The van der Waals surface area contributed by atoms with E-state index in [1.165, 1.54) is 75.5 Å². The predicted octanol–water partition coefficient (Wildman–Crippen LogP) is 6.30. The molecule has 0 bridgehead atoms. The molecule has 1 aromatic heterocycles. The number of rotatable bonds is 10. The van der Waals surface area contributed by atoms with Crippen molar-refractivity contribution in [1.82, 2.24) is 9.97 Å². The molecule has 1 aliphatic rings. The van der Waals surface area contributed by atoms with Gasteiger partial charge in [-0.05, 0) is 42.9 Å². The summed E-state index contributed by atoms with van der Waals surface area (Å²) in [5, 5.41) is 10.8. The maximum atomic E-state index is 10.8. The van der Waals surface area contributed by atoms with Crippen LogP contribution in [0.1, 0.15) is 76.0 Å². The molecule has 0 spiro atoms. The number of aryl methyl sites for hydroxylation is 1. The van der Waals surface area contributed by atoms with Crippen LogP contribution in [0.3, 0.4) is 0 Å². The fourth-order valence-corrected chi connectivity index (χ4v) is 4.09. The third-order valence-corrected chi connectivity index (χ3v) is 5.80. The van der Waals surface area contributed by atoms with Crippen LogP contribution in [0.25, 0.3) is 11.4 Å². The van der Waals surface area contributed by atoms with Gasteiger partial charge in [0.05, 0.1) is 4.92 Å². The molecule has 0 N–H and O–H groups in total. The van der Waals surface area contributed by atoms with Crippen molar-refractivity contribution in [3.63, 3.8) is 0 Å². The first-order chi connectivity index (χ1) is 13.7. The molecule has 0 amide bonds. The van der Waals surface area contributed by atoms with Gasteiger partial charge in [-0.3, -0.25) is 10.1 Å². The van der Waals surface area contributed by atoms with Gasteiger partial charge in [0.15, 0.2) is 5.82 Å². The van der Waals surface area contributed by atoms with E-state index in [1.54, 1.807) is 12.1 Å². The third-order valence-electron chi connectivity index (χ3n) is 5.80. The van der Waals surface area contributed by atoms with Gasteiger partial charge in [0, 0.05) is 29.6 Å². The Kier molecular flexibility index (Phi) is 7.52. The highest BCUT2D eigenvalue weighted by atomic mass is 16.6. The Balaban J connectivity index is 1.50. The molecular weight excluding hydrogens is 350 g/mol. The van der Waals surface area contributed by atoms with Gasteiger partial charge in [-0.15, -0.1) is 0 Å². The standard InChI is InChI=1S/C23H31N3O2/c1-2-3-4-5-6-7-8-9-18-10-15-22-20(16-18)17-24-23(25-22)19-11-13-21(14-12-19)26(27)28/h11-14,17-18H,2-10,15-16H2,1H3. The minimum atomic E-state index is -0.386. The van der Waals surface area contributed by atoms with Gasteiger partial charge < -0.3 is 0 Å². The fraction of sp³-hybridized carbons (Fsp3) is 0.565. The summed E-state index contributed by atoms with van der Waals surface area (Å²) in [6.07, 6.45) is 16.2. The Morgan fingerprint density at radius 3 is 2.50 bits per heavy atom. The molecule has 1 aromatic carbocycles. The molecule has 5 nitrogen and oxygen atoms in total. The van der Waals surface area contributed by atoms with Crippen LogP contribution in [0.4, 0.5) is 5.69 Å². The lowest BCUT2D eigenvalue weighted by Crippen LogP contribution is -2.16. The molecule has 28 heavy (non-hydrogen) atoms. The van der Waals surface area contributed by atoms with Gasteiger partial charge in [0.2, 0.25) is 0 Å². The monoisotopic (exact) mass is 381 g/mol. The molecular formula is C23H31N3O2. The highest BCUT2D eigenvalue weighted by Gasteiger charge is 2.20. The van der Waals surface area contributed by atoms with Crippen LogP contribution in [0.15, 0.2) is 30.5 Å². The van der Waals surface area contributed by atoms with Gasteiger partial charge in [-0.25, -0.2) is 9.97 Å². The number of unbranched alkanes of at least 4 members (excludes halogenated alkanes) is 6. The van der Waals surface area contributed by atoms with Gasteiger partial charge >= 0.3 is 0 Å². The molecule has 0 radical (unpaired) electrons. The first-order valence-electron chi connectivity index (χ1n) is 10.8. The van der Waals surface area contributed by atoms with Crippen molar-refractivity contribution >= 4 is 5.69 Å². The lowest BCUT2D eigenvalue weighted by Gasteiger charge is -2.24. The van der Waals surface area contributed by atoms with E-state index in [0.29, 0.717) is 5.82 Å². The Morgan fingerprint density at radius 2 is 1.79 bits per heavy atom. The Hall–Kier alpha value is -2.30. The minimum absolute atomic E-state index is 0.0925. The second kappa shape index (κ2) is 10.3. The SMILES string of the molecule is CCCCCCCCCC1CCc2nc(-c3ccc([N+](=O)[O-])cc3)ncc2C1. The third kappa shape index (κ3) is 5.60. The molecule has 1 atom stereocenters. The number of nitrogens with zero attached hydrogens (tertiary/aromatic N) is 3. The van der Waals surface area contributed by atoms with Crippen LogP contribution in [0.5, 0.6) is 0 Å². The summed E-state index contributed by atoms with van der Waals surface area (Å²) < 4.78 is 0. The molecule has 0 fully saturated rings. The van der Waals surface area contributed by atoms with E-state index >= 15 is 0 Å². The van der Waals surface area contributed by atoms with Crippen LogP contribution < -0.4 is 0 Å². The van der Waals surface area contributed by atoms with Crippen LogP contribution in [0, 0.1) is 16.0 Å². The van der Waals surface area contributed by atoms with Crippen molar-refractivity contribution in [3.05, 3.63) is 51.8 Å². The molecule has 3 rings (SSSR count). The van der Waals surface area contributed by atoms with Crippen molar-refractivity contribution in [2.75, 3.05) is 0 Å². The summed E-state index contributed by atoms with van der Waals surface area (Å²) in [6.45, 7) is 2.26. The van der Waals surface area contributed by atoms with Gasteiger partial charge in [-0.1, -0.05) is 58.3 Å². The number of fused-ring (bicyclic) bond motifs is 1. The predicted molar refractivity (Wildman–Crippen MR) is 112 cm³/mol.